The maximum absolute atomic E-state index is 12.6. The number of carbonyl (C=O) groups is 1. The van der Waals surface area contributed by atoms with Crippen molar-refractivity contribution in [2.45, 2.75) is 31.6 Å². The van der Waals surface area contributed by atoms with Crippen LogP contribution in [0.15, 0.2) is 6.20 Å². The number of thioether (sulfide) groups is 1. The second-order valence-electron chi connectivity index (χ2n) is 6.38. The van der Waals surface area contributed by atoms with Crippen LogP contribution in [0.1, 0.15) is 47.8 Å². The fourth-order valence-corrected chi connectivity index (χ4v) is 3.54. The normalized spacial score (nSPS) is 21.7. The van der Waals surface area contributed by atoms with Crippen molar-refractivity contribution in [3.8, 4) is 5.88 Å². The highest BCUT2D eigenvalue weighted by molar-refractivity contribution is 7.99. The molecule has 0 radical (unpaired) electrons. The van der Waals surface area contributed by atoms with Crippen LogP contribution in [0.4, 0.5) is 0 Å². The van der Waals surface area contributed by atoms with Gasteiger partial charge in [-0.3, -0.25) is 9.78 Å². The molecule has 2 aliphatic carbocycles. The molecule has 0 N–H and O–H groups in total. The highest BCUT2D eigenvalue weighted by atomic mass is 32.2. The Hall–Kier alpha value is -1.30. The van der Waals surface area contributed by atoms with Crippen LogP contribution >= 0.6 is 11.8 Å². The lowest BCUT2D eigenvalue weighted by molar-refractivity contribution is 0.0764. The summed E-state index contributed by atoms with van der Waals surface area (Å²) in [5.41, 5.74) is 1.38. The minimum absolute atomic E-state index is 0.00795. The average molecular weight is 319 g/mol. The van der Waals surface area contributed by atoms with Crippen molar-refractivity contribution in [1.82, 2.24) is 14.9 Å². The topological polar surface area (TPSA) is 55.3 Å². The third-order valence-corrected chi connectivity index (χ3v) is 5.34. The number of hydrogen-bond acceptors (Lipinski definition) is 5. The molecule has 3 aliphatic rings. The smallest absolute Gasteiger partial charge is 0.274 e. The quantitative estimate of drug-likeness (QED) is 0.834. The van der Waals surface area contributed by atoms with Crippen LogP contribution < -0.4 is 4.74 Å². The van der Waals surface area contributed by atoms with Gasteiger partial charge in [-0.05, 0) is 31.6 Å². The second kappa shape index (κ2) is 6.07. The number of hydrogen-bond donors (Lipinski definition) is 0. The summed E-state index contributed by atoms with van der Waals surface area (Å²) in [6.07, 6.45) is 6.45. The monoisotopic (exact) mass is 319 g/mol. The minimum atomic E-state index is -0.00795. The molecule has 0 spiro atoms. The van der Waals surface area contributed by atoms with Crippen molar-refractivity contribution in [3.05, 3.63) is 17.6 Å². The molecule has 2 heterocycles. The molecule has 4 rings (SSSR count). The Balaban J connectivity index is 1.53. The number of amides is 1. The highest BCUT2D eigenvalue weighted by Gasteiger charge is 2.32. The van der Waals surface area contributed by atoms with E-state index in [0.717, 1.165) is 43.1 Å². The SMILES string of the molecule is O=C(c1cnc(C2CC2)c(OCC2CC2)n1)N1CCSCC1. The van der Waals surface area contributed by atoms with E-state index in [-0.39, 0.29) is 5.91 Å². The summed E-state index contributed by atoms with van der Waals surface area (Å²) in [5, 5.41) is 0. The first-order valence-corrected chi connectivity index (χ1v) is 9.33. The molecule has 1 aromatic heterocycles. The predicted molar refractivity (Wildman–Crippen MR) is 85.5 cm³/mol. The van der Waals surface area contributed by atoms with Crippen molar-refractivity contribution in [2.75, 3.05) is 31.2 Å². The van der Waals surface area contributed by atoms with E-state index in [2.05, 4.69) is 9.97 Å². The molecule has 1 saturated heterocycles. The summed E-state index contributed by atoms with van der Waals surface area (Å²) < 4.78 is 5.89. The van der Waals surface area contributed by atoms with E-state index in [4.69, 9.17) is 4.74 Å². The molecular formula is C16H21N3O2S. The van der Waals surface area contributed by atoms with Gasteiger partial charge in [0.25, 0.3) is 5.91 Å². The fourth-order valence-electron chi connectivity index (χ4n) is 2.64. The average Bonchev–Trinajstić information content (AvgIpc) is 3.46. The van der Waals surface area contributed by atoms with Crippen molar-refractivity contribution in [3.63, 3.8) is 0 Å². The lowest BCUT2D eigenvalue weighted by atomic mass is 10.2. The standard InChI is InChI=1S/C16H21N3O2S/c20-16(19-5-7-22-8-6-19)13-9-17-14(12-3-4-12)15(18-13)21-10-11-1-2-11/h9,11-12H,1-8,10H2. The molecular weight excluding hydrogens is 298 g/mol. The molecule has 0 bridgehead atoms. The van der Waals surface area contributed by atoms with Gasteiger partial charge in [0.2, 0.25) is 5.88 Å². The number of nitrogens with zero attached hydrogens (tertiary/aromatic N) is 3. The van der Waals surface area contributed by atoms with Crippen molar-refractivity contribution < 1.29 is 9.53 Å². The van der Waals surface area contributed by atoms with Crippen LogP contribution in [0.25, 0.3) is 0 Å². The van der Waals surface area contributed by atoms with Gasteiger partial charge < -0.3 is 9.64 Å². The number of aromatic nitrogens is 2. The van der Waals surface area contributed by atoms with Crippen LogP contribution in [-0.2, 0) is 0 Å². The van der Waals surface area contributed by atoms with E-state index >= 15 is 0 Å². The van der Waals surface area contributed by atoms with Crippen molar-refractivity contribution >= 4 is 17.7 Å². The summed E-state index contributed by atoms with van der Waals surface area (Å²) in [7, 11) is 0. The van der Waals surface area contributed by atoms with Gasteiger partial charge in [-0.25, -0.2) is 4.98 Å². The molecule has 5 nitrogen and oxygen atoms in total. The molecule has 0 unspecified atom stereocenters. The van der Waals surface area contributed by atoms with Crippen LogP contribution in [0.5, 0.6) is 5.88 Å². The van der Waals surface area contributed by atoms with E-state index in [0.29, 0.717) is 30.0 Å². The van der Waals surface area contributed by atoms with Crippen LogP contribution in [0, 0.1) is 5.92 Å². The summed E-state index contributed by atoms with van der Waals surface area (Å²) in [6, 6.07) is 0. The lowest BCUT2D eigenvalue weighted by Gasteiger charge is -2.26. The van der Waals surface area contributed by atoms with Crippen molar-refractivity contribution in [2.24, 2.45) is 5.92 Å². The highest BCUT2D eigenvalue weighted by Crippen LogP contribution is 2.43. The zero-order valence-corrected chi connectivity index (χ0v) is 13.5. The Kier molecular flexibility index (Phi) is 3.94. The molecule has 118 valence electrons. The predicted octanol–water partition coefficient (Wildman–Crippen LogP) is 2.33. The molecule has 0 aromatic carbocycles. The molecule has 0 atom stereocenters. The van der Waals surface area contributed by atoms with E-state index in [1.54, 1.807) is 6.20 Å². The van der Waals surface area contributed by atoms with Crippen molar-refractivity contribution in [1.29, 1.82) is 0 Å². The summed E-state index contributed by atoms with van der Waals surface area (Å²) >= 11 is 1.89. The van der Waals surface area contributed by atoms with E-state index < -0.39 is 0 Å². The Morgan fingerprint density at radius 2 is 2.05 bits per heavy atom. The Bertz CT molecular complexity index is 567. The first-order chi connectivity index (χ1) is 10.8. The molecule has 22 heavy (non-hydrogen) atoms. The van der Waals surface area contributed by atoms with Gasteiger partial charge in [0.15, 0.2) is 5.69 Å². The molecule has 1 aliphatic heterocycles. The van der Waals surface area contributed by atoms with E-state index in [1.165, 1.54) is 12.8 Å². The Morgan fingerprint density at radius 1 is 1.27 bits per heavy atom. The van der Waals surface area contributed by atoms with E-state index in [1.807, 2.05) is 16.7 Å². The number of ether oxygens (including phenoxy) is 1. The van der Waals surface area contributed by atoms with Gasteiger partial charge >= 0.3 is 0 Å². The maximum Gasteiger partial charge on any atom is 0.274 e. The fraction of sp³-hybridized carbons (Fsp3) is 0.688. The van der Waals surface area contributed by atoms with Crippen LogP contribution in [0.3, 0.4) is 0 Å². The zero-order chi connectivity index (χ0) is 14.9. The third-order valence-electron chi connectivity index (χ3n) is 4.40. The minimum Gasteiger partial charge on any atom is -0.476 e. The van der Waals surface area contributed by atoms with Gasteiger partial charge in [-0.15, -0.1) is 0 Å². The molecule has 6 heteroatoms. The van der Waals surface area contributed by atoms with E-state index in [9.17, 15) is 4.79 Å². The molecule has 3 fully saturated rings. The van der Waals surface area contributed by atoms with Crippen LogP contribution in [-0.4, -0.2) is 52.0 Å². The van der Waals surface area contributed by atoms with Gasteiger partial charge in [-0.1, -0.05) is 0 Å². The first kappa shape index (κ1) is 14.3. The van der Waals surface area contributed by atoms with Gasteiger partial charge in [0, 0.05) is 30.5 Å². The first-order valence-electron chi connectivity index (χ1n) is 8.18. The second-order valence-corrected chi connectivity index (χ2v) is 7.60. The zero-order valence-electron chi connectivity index (χ0n) is 12.7. The Labute approximate surface area is 134 Å². The Morgan fingerprint density at radius 3 is 2.73 bits per heavy atom. The summed E-state index contributed by atoms with van der Waals surface area (Å²) in [6.45, 7) is 2.31. The number of carbonyl (C=O) groups excluding carboxylic acids is 1. The molecule has 2 saturated carbocycles. The van der Waals surface area contributed by atoms with Gasteiger partial charge in [0.1, 0.15) is 5.69 Å². The van der Waals surface area contributed by atoms with Gasteiger partial charge in [0.05, 0.1) is 12.8 Å². The summed E-state index contributed by atoms with van der Waals surface area (Å²) in [4.78, 5) is 23.5. The largest absolute Gasteiger partial charge is 0.476 e. The van der Waals surface area contributed by atoms with Crippen LogP contribution in [0.2, 0.25) is 0 Å². The lowest BCUT2D eigenvalue weighted by Crippen LogP contribution is -2.38. The molecule has 1 aromatic rings. The molecule has 1 amide bonds. The third kappa shape index (κ3) is 3.21. The maximum atomic E-state index is 12.6. The summed E-state index contributed by atoms with van der Waals surface area (Å²) in [5.74, 6) is 3.76. The van der Waals surface area contributed by atoms with Gasteiger partial charge in [-0.2, -0.15) is 11.8 Å². The number of rotatable bonds is 5.